The molecule has 0 heterocycles. The van der Waals surface area contributed by atoms with Crippen molar-refractivity contribution in [3.63, 3.8) is 0 Å². The fourth-order valence-corrected chi connectivity index (χ4v) is 3.26. The van der Waals surface area contributed by atoms with Crippen LogP contribution in [0.25, 0.3) is 0 Å². The van der Waals surface area contributed by atoms with Crippen molar-refractivity contribution in [2.75, 3.05) is 7.11 Å². The van der Waals surface area contributed by atoms with Crippen molar-refractivity contribution >= 4 is 0 Å². The molecule has 1 saturated carbocycles. The lowest BCUT2D eigenvalue weighted by Gasteiger charge is -2.44. The van der Waals surface area contributed by atoms with Crippen molar-refractivity contribution in [1.29, 1.82) is 0 Å². The van der Waals surface area contributed by atoms with Crippen LogP contribution in [-0.2, 0) is 4.74 Å². The molecule has 3 N–H and O–H groups in total. The van der Waals surface area contributed by atoms with E-state index in [1.54, 1.807) is 0 Å². The number of nitrogens with two attached hydrogens (primary N) is 1. The van der Waals surface area contributed by atoms with E-state index in [4.69, 9.17) is 10.6 Å². The van der Waals surface area contributed by atoms with E-state index in [-0.39, 0.29) is 11.6 Å². The Morgan fingerprint density at radius 1 is 1.37 bits per heavy atom. The van der Waals surface area contributed by atoms with Gasteiger partial charge in [-0.1, -0.05) is 25.8 Å². The van der Waals surface area contributed by atoms with Crippen molar-refractivity contribution in [3.8, 4) is 0 Å². The van der Waals surface area contributed by atoms with Crippen molar-refractivity contribution < 1.29 is 4.74 Å². The Hall–Kier alpha value is -0.380. The molecular weight excluding hydrogens is 236 g/mol. The van der Waals surface area contributed by atoms with Gasteiger partial charge >= 0.3 is 0 Å². The maximum absolute atomic E-state index is 5.90. The van der Waals surface area contributed by atoms with Crippen LogP contribution in [0.4, 0.5) is 0 Å². The average Bonchev–Trinajstić information content (AvgIpc) is 2.44. The van der Waals surface area contributed by atoms with Gasteiger partial charge in [-0.25, -0.2) is 0 Å². The van der Waals surface area contributed by atoms with Gasteiger partial charge in [0.15, 0.2) is 0 Å². The molecule has 1 aliphatic rings. The Bertz CT molecular complexity index is 247. The summed E-state index contributed by atoms with van der Waals surface area (Å²) in [5.41, 5.74) is 2.98. The minimum absolute atomic E-state index is 0.0420. The standard InChI is InChI=1S/C16H32N2O/c1-4-5-6-7-8-9-15(18-17)16(19-3)12-10-14(2)11-13-16/h4,14-15,18H,1,5-13,17H2,2-3H3. The van der Waals surface area contributed by atoms with Gasteiger partial charge in [-0.2, -0.15) is 0 Å². The van der Waals surface area contributed by atoms with E-state index in [0.717, 1.165) is 31.6 Å². The van der Waals surface area contributed by atoms with Gasteiger partial charge in [0, 0.05) is 7.11 Å². The van der Waals surface area contributed by atoms with Gasteiger partial charge in [-0.15, -0.1) is 6.58 Å². The van der Waals surface area contributed by atoms with E-state index in [2.05, 4.69) is 18.9 Å². The van der Waals surface area contributed by atoms with Gasteiger partial charge in [-0.3, -0.25) is 11.3 Å². The Kier molecular flexibility index (Phi) is 7.66. The minimum Gasteiger partial charge on any atom is -0.377 e. The first-order valence-corrected chi connectivity index (χ1v) is 7.80. The highest BCUT2D eigenvalue weighted by Crippen LogP contribution is 2.38. The summed E-state index contributed by atoms with van der Waals surface area (Å²) in [6, 6.07) is 0.286. The zero-order chi connectivity index (χ0) is 14.1. The SMILES string of the molecule is C=CCCCCCC(NN)C1(OC)CCC(C)CC1. The van der Waals surface area contributed by atoms with Crippen molar-refractivity contribution in [2.45, 2.75) is 76.4 Å². The molecule has 0 amide bonds. The van der Waals surface area contributed by atoms with Gasteiger partial charge in [0.25, 0.3) is 0 Å². The second kappa shape index (κ2) is 8.72. The monoisotopic (exact) mass is 268 g/mol. The Balaban J connectivity index is 2.43. The lowest BCUT2D eigenvalue weighted by atomic mass is 9.74. The number of allylic oxidation sites excluding steroid dienone is 1. The molecule has 0 aromatic carbocycles. The first-order valence-electron chi connectivity index (χ1n) is 7.80. The number of unbranched alkanes of at least 4 members (excludes halogenated alkanes) is 3. The number of methoxy groups -OCH3 is 1. The van der Waals surface area contributed by atoms with Crippen LogP contribution in [-0.4, -0.2) is 18.8 Å². The summed E-state index contributed by atoms with van der Waals surface area (Å²) in [6.45, 7) is 6.10. The molecule has 1 rings (SSSR count). The molecule has 0 bridgehead atoms. The molecule has 3 nitrogen and oxygen atoms in total. The van der Waals surface area contributed by atoms with Crippen LogP contribution in [0.3, 0.4) is 0 Å². The summed E-state index contributed by atoms with van der Waals surface area (Å²) in [6.07, 6.45) is 12.7. The molecule has 19 heavy (non-hydrogen) atoms. The van der Waals surface area contributed by atoms with Gasteiger partial charge in [0.2, 0.25) is 0 Å². The number of hydrazine groups is 1. The molecule has 1 atom stereocenters. The van der Waals surface area contributed by atoms with Crippen LogP contribution in [0.2, 0.25) is 0 Å². The van der Waals surface area contributed by atoms with E-state index >= 15 is 0 Å². The molecule has 1 aliphatic carbocycles. The minimum atomic E-state index is -0.0420. The molecule has 112 valence electrons. The van der Waals surface area contributed by atoms with Crippen LogP contribution in [0.15, 0.2) is 12.7 Å². The first kappa shape index (κ1) is 16.7. The third-order valence-electron chi connectivity index (χ3n) is 4.76. The van der Waals surface area contributed by atoms with Gasteiger partial charge in [-0.05, 0) is 50.9 Å². The number of ether oxygens (including phenoxy) is 1. The molecular formula is C16H32N2O. The van der Waals surface area contributed by atoms with Crippen LogP contribution in [0.1, 0.15) is 64.7 Å². The largest absolute Gasteiger partial charge is 0.377 e. The molecule has 0 aliphatic heterocycles. The molecule has 0 aromatic heterocycles. The smallest absolute Gasteiger partial charge is 0.0844 e. The van der Waals surface area contributed by atoms with Crippen LogP contribution >= 0.6 is 0 Å². The van der Waals surface area contributed by atoms with Crippen LogP contribution in [0, 0.1) is 5.92 Å². The van der Waals surface area contributed by atoms with E-state index in [1.165, 1.54) is 32.1 Å². The predicted molar refractivity (Wildman–Crippen MR) is 81.8 cm³/mol. The van der Waals surface area contributed by atoms with E-state index in [9.17, 15) is 0 Å². The summed E-state index contributed by atoms with van der Waals surface area (Å²) in [5, 5.41) is 0. The molecule has 1 unspecified atom stereocenters. The predicted octanol–water partition coefficient (Wildman–Crippen LogP) is 3.55. The molecule has 0 spiro atoms. The van der Waals surface area contributed by atoms with E-state index in [0.29, 0.717) is 0 Å². The van der Waals surface area contributed by atoms with Gasteiger partial charge in [0.05, 0.1) is 11.6 Å². The highest BCUT2D eigenvalue weighted by Gasteiger charge is 2.40. The Labute approximate surface area is 118 Å². The third kappa shape index (κ3) is 4.90. The number of hydrogen-bond donors (Lipinski definition) is 2. The lowest BCUT2D eigenvalue weighted by molar-refractivity contribution is -0.0769. The van der Waals surface area contributed by atoms with Crippen molar-refractivity contribution in [2.24, 2.45) is 11.8 Å². The summed E-state index contributed by atoms with van der Waals surface area (Å²) in [5.74, 6) is 6.62. The maximum Gasteiger partial charge on any atom is 0.0844 e. The molecule has 0 saturated heterocycles. The van der Waals surface area contributed by atoms with Gasteiger partial charge < -0.3 is 4.74 Å². The number of nitrogens with one attached hydrogen (secondary N) is 1. The fourth-order valence-electron chi connectivity index (χ4n) is 3.26. The lowest BCUT2D eigenvalue weighted by Crippen LogP contribution is -2.56. The summed E-state index contributed by atoms with van der Waals surface area (Å²) in [7, 11) is 1.85. The number of rotatable bonds is 9. The van der Waals surface area contributed by atoms with Crippen molar-refractivity contribution in [1.82, 2.24) is 5.43 Å². The topological polar surface area (TPSA) is 47.3 Å². The zero-order valence-electron chi connectivity index (χ0n) is 12.8. The molecule has 0 aromatic rings. The highest BCUT2D eigenvalue weighted by molar-refractivity contribution is 4.95. The van der Waals surface area contributed by atoms with E-state index in [1.807, 2.05) is 13.2 Å². The second-order valence-corrected chi connectivity index (χ2v) is 6.10. The fraction of sp³-hybridized carbons (Fsp3) is 0.875. The van der Waals surface area contributed by atoms with Crippen molar-refractivity contribution in [3.05, 3.63) is 12.7 Å². The maximum atomic E-state index is 5.90. The Morgan fingerprint density at radius 3 is 2.58 bits per heavy atom. The zero-order valence-corrected chi connectivity index (χ0v) is 12.8. The molecule has 3 heteroatoms. The van der Waals surface area contributed by atoms with Gasteiger partial charge in [0.1, 0.15) is 0 Å². The summed E-state index contributed by atoms with van der Waals surface area (Å²) in [4.78, 5) is 0. The van der Waals surface area contributed by atoms with E-state index < -0.39 is 0 Å². The average molecular weight is 268 g/mol. The normalized spacial score (nSPS) is 29.1. The molecule has 0 radical (unpaired) electrons. The highest BCUT2D eigenvalue weighted by atomic mass is 16.5. The van der Waals surface area contributed by atoms with Crippen LogP contribution < -0.4 is 11.3 Å². The number of hydrogen-bond acceptors (Lipinski definition) is 3. The molecule has 1 fully saturated rings. The Morgan fingerprint density at radius 2 is 2.05 bits per heavy atom. The summed E-state index contributed by atoms with van der Waals surface area (Å²) < 4.78 is 5.90. The summed E-state index contributed by atoms with van der Waals surface area (Å²) >= 11 is 0. The first-order chi connectivity index (χ1) is 9.18. The van der Waals surface area contributed by atoms with Crippen LogP contribution in [0.5, 0.6) is 0 Å². The quantitative estimate of drug-likeness (QED) is 0.291. The second-order valence-electron chi connectivity index (χ2n) is 6.10. The third-order valence-corrected chi connectivity index (χ3v) is 4.76.